The summed E-state index contributed by atoms with van der Waals surface area (Å²) in [7, 11) is 1.71. The van der Waals surface area contributed by atoms with E-state index in [9.17, 15) is 0 Å². The maximum Gasteiger partial charge on any atom is 0.125 e. The fourth-order valence-electron chi connectivity index (χ4n) is 3.30. The van der Waals surface area contributed by atoms with Gasteiger partial charge in [0, 0.05) is 30.4 Å². The van der Waals surface area contributed by atoms with E-state index in [1.807, 2.05) is 13.0 Å². The second-order valence-electron chi connectivity index (χ2n) is 6.03. The first-order chi connectivity index (χ1) is 9.02. The number of methoxy groups -OCH3 is 1. The van der Waals surface area contributed by atoms with Crippen LogP contribution in [0.1, 0.15) is 38.8 Å². The zero-order valence-corrected chi connectivity index (χ0v) is 12.5. The third-order valence-corrected chi connectivity index (χ3v) is 3.93. The summed E-state index contributed by atoms with van der Waals surface area (Å²) in [5.74, 6) is 2.37. The van der Waals surface area contributed by atoms with E-state index in [1.165, 1.54) is 12.1 Å². The summed E-state index contributed by atoms with van der Waals surface area (Å²) < 4.78 is 5.49. The van der Waals surface area contributed by atoms with Crippen molar-refractivity contribution in [1.82, 2.24) is 0 Å². The van der Waals surface area contributed by atoms with Gasteiger partial charge in [-0.2, -0.15) is 0 Å². The predicted octanol–water partition coefficient (Wildman–Crippen LogP) is 3.20. The molecule has 1 saturated heterocycles. The number of hydrogen-bond donors (Lipinski definition) is 1. The molecule has 1 heterocycles. The molecule has 2 rings (SSSR count). The Hall–Kier alpha value is -1.22. The monoisotopic (exact) mass is 262 g/mol. The lowest BCUT2D eigenvalue weighted by molar-refractivity contribution is 0.355. The first-order valence-corrected chi connectivity index (χ1v) is 7.20. The Kier molecular flexibility index (Phi) is 4.35. The van der Waals surface area contributed by atoms with Crippen molar-refractivity contribution in [3.63, 3.8) is 0 Å². The van der Waals surface area contributed by atoms with Crippen LogP contribution >= 0.6 is 0 Å². The van der Waals surface area contributed by atoms with Gasteiger partial charge in [-0.1, -0.05) is 19.9 Å². The maximum absolute atomic E-state index is 6.16. The van der Waals surface area contributed by atoms with Crippen LogP contribution in [0.2, 0.25) is 0 Å². The van der Waals surface area contributed by atoms with Crippen molar-refractivity contribution < 1.29 is 4.74 Å². The molecule has 19 heavy (non-hydrogen) atoms. The van der Waals surface area contributed by atoms with E-state index in [2.05, 4.69) is 30.9 Å². The molecule has 1 aliphatic rings. The molecule has 3 heteroatoms. The summed E-state index contributed by atoms with van der Waals surface area (Å²) in [6.07, 6.45) is 1.31. The fraction of sp³-hybridized carbons (Fsp3) is 0.625. The van der Waals surface area contributed by atoms with Gasteiger partial charge >= 0.3 is 0 Å². The van der Waals surface area contributed by atoms with Gasteiger partial charge in [0.25, 0.3) is 0 Å². The number of piperidine rings is 1. The first-order valence-electron chi connectivity index (χ1n) is 7.20. The smallest absolute Gasteiger partial charge is 0.125 e. The molecule has 1 aromatic rings. The topological polar surface area (TPSA) is 38.5 Å². The Morgan fingerprint density at radius 1 is 1.26 bits per heavy atom. The zero-order valence-electron chi connectivity index (χ0n) is 12.5. The average Bonchev–Trinajstić information content (AvgIpc) is 2.36. The van der Waals surface area contributed by atoms with E-state index in [-0.39, 0.29) is 6.04 Å². The molecule has 106 valence electrons. The van der Waals surface area contributed by atoms with Crippen LogP contribution in [0.5, 0.6) is 5.75 Å². The van der Waals surface area contributed by atoms with Crippen LogP contribution in [0.15, 0.2) is 18.2 Å². The molecule has 0 amide bonds. The van der Waals surface area contributed by atoms with Crippen molar-refractivity contribution in [2.45, 2.75) is 33.2 Å². The SMILES string of the molecule is COc1cccc(N2CC(C)CC(C)C2)c1[C@H](C)N. The summed E-state index contributed by atoms with van der Waals surface area (Å²) >= 11 is 0. The first kappa shape index (κ1) is 14.2. The van der Waals surface area contributed by atoms with Crippen molar-refractivity contribution in [3.05, 3.63) is 23.8 Å². The molecule has 0 aliphatic carbocycles. The van der Waals surface area contributed by atoms with Gasteiger partial charge in [0.1, 0.15) is 5.75 Å². The molecule has 3 nitrogen and oxygen atoms in total. The molecule has 3 atom stereocenters. The average molecular weight is 262 g/mol. The number of benzene rings is 1. The minimum atomic E-state index is -0.0151. The highest BCUT2D eigenvalue weighted by Crippen LogP contribution is 2.36. The van der Waals surface area contributed by atoms with Crippen LogP contribution in [-0.2, 0) is 0 Å². The largest absolute Gasteiger partial charge is 0.496 e. The van der Waals surface area contributed by atoms with Crippen LogP contribution in [0.25, 0.3) is 0 Å². The minimum absolute atomic E-state index is 0.0151. The number of nitrogens with two attached hydrogens (primary N) is 1. The Morgan fingerprint density at radius 2 is 1.89 bits per heavy atom. The molecule has 2 N–H and O–H groups in total. The maximum atomic E-state index is 6.16. The van der Waals surface area contributed by atoms with Gasteiger partial charge in [0.15, 0.2) is 0 Å². The van der Waals surface area contributed by atoms with E-state index in [4.69, 9.17) is 10.5 Å². The van der Waals surface area contributed by atoms with Crippen LogP contribution in [0.4, 0.5) is 5.69 Å². The molecule has 1 aromatic carbocycles. The lowest BCUT2D eigenvalue weighted by Gasteiger charge is -2.38. The van der Waals surface area contributed by atoms with Gasteiger partial charge in [0.05, 0.1) is 7.11 Å². The summed E-state index contributed by atoms with van der Waals surface area (Å²) in [4.78, 5) is 2.47. The third kappa shape index (κ3) is 3.03. The quantitative estimate of drug-likeness (QED) is 0.909. The summed E-state index contributed by atoms with van der Waals surface area (Å²) in [5, 5.41) is 0. The molecule has 0 bridgehead atoms. The fourth-order valence-corrected chi connectivity index (χ4v) is 3.30. The van der Waals surface area contributed by atoms with E-state index in [0.717, 1.165) is 36.2 Å². The highest BCUT2D eigenvalue weighted by atomic mass is 16.5. The van der Waals surface area contributed by atoms with E-state index in [0.29, 0.717) is 0 Å². The summed E-state index contributed by atoms with van der Waals surface area (Å²) in [5.41, 5.74) is 8.53. The highest BCUT2D eigenvalue weighted by Gasteiger charge is 2.25. The number of rotatable bonds is 3. The van der Waals surface area contributed by atoms with Crippen LogP contribution < -0.4 is 15.4 Å². The Labute approximate surface area is 116 Å². The minimum Gasteiger partial charge on any atom is -0.496 e. The van der Waals surface area contributed by atoms with Crippen molar-refractivity contribution in [2.24, 2.45) is 17.6 Å². The molecular weight excluding hydrogens is 236 g/mol. The number of nitrogens with zero attached hydrogens (tertiary/aromatic N) is 1. The third-order valence-electron chi connectivity index (χ3n) is 3.93. The van der Waals surface area contributed by atoms with Crippen LogP contribution in [0, 0.1) is 11.8 Å². The van der Waals surface area contributed by atoms with E-state index < -0.39 is 0 Å². The molecule has 1 fully saturated rings. The van der Waals surface area contributed by atoms with Gasteiger partial charge in [-0.25, -0.2) is 0 Å². The number of hydrogen-bond acceptors (Lipinski definition) is 3. The Morgan fingerprint density at radius 3 is 2.42 bits per heavy atom. The predicted molar refractivity (Wildman–Crippen MR) is 80.8 cm³/mol. The molecule has 0 spiro atoms. The second-order valence-corrected chi connectivity index (χ2v) is 6.03. The lowest BCUT2D eigenvalue weighted by Crippen LogP contribution is -2.39. The molecular formula is C16H26N2O. The van der Waals surface area contributed by atoms with Gasteiger partial charge in [0.2, 0.25) is 0 Å². The van der Waals surface area contributed by atoms with E-state index in [1.54, 1.807) is 7.11 Å². The van der Waals surface area contributed by atoms with Crippen molar-refractivity contribution in [3.8, 4) is 5.75 Å². The summed E-state index contributed by atoms with van der Waals surface area (Å²) in [6.45, 7) is 8.90. The van der Waals surface area contributed by atoms with Crippen LogP contribution in [-0.4, -0.2) is 20.2 Å². The van der Waals surface area contributed by atoms with Crippen molar-refractivity contribution in [1.29, 1.82) is 0 Å². The number of ether oxygens (including phenoxy) is 1. The Balaban J connectivity index is 2.38. The Bertz CT molecular complexity index is 421. The normalized spacial score (nSPS) is 25.2. The molecule has 0 saturated carbocycles. The van der Waals surface area contributed by atoms with Crippen molar-refractivity contribution >= 4 is 5.69 Å². The highest BCUT2D eigenvalue weighted by molar-refractivity contribution is 5.61. The molecule has 0 radical (unpaired) electrons. The van der Waals surface area contributed by atoms with Gasteiger partial charge in [-0.05, 0) is 37.3 Å². The van der Waals surface area contributed by atoms with Crippen LogP contribution in [0.3, 0.4) is 0 Å². The van der Waals surface area contributed by atoms with Gasteiger partial charge < -0.3 is 15.4 Å². The van der Waals surface area contributed by atoms with Gasteiger partial charge in [-0.15, -0.1) is 0 Å². The lowest BCUT2D eigenvalue weighted by atomic mass is 9.90. The number of anilines is 1. The zero-order chi connectivity index (χ0) is 14.0. The standard InChI is InChI=1S/C16H26N2O/c1-11-8-12(2)10-18(9-11)14-6-5-7-15(19-4)16(14)13(3)17/h5-7,11-13H,8-10,17H2,1-4H3/t11?,12?,13-/m0/s1. The van der Waals surface area contributed by atoms with E-state index >= 15 is 0 Å². The molecule has 1 aliphatic heterocycles. The second kappa shape index (κ2) is 5.83. The molecule has 2 unspecified atom stereocenters. The van der Waals surface area contributed by atoms with Gasteiger partial charge in [-0.3, -0.25) is 0 Å². The summed E-state index contributed by atoms with van der Waals surface area (Å²) in [6, 6.07) is 6.22. The van der Waals surface area contributed by atoms with Crippen molar-refractivity contribution in [2.75, 3.05) is 25.1 Å². The molecule has 0 aromatic heterocycles.